The van der Waals surface area contributed by atoms with Crippen LogP contribution in [0.1, 0.15) is 53.4 Å². The van der Waals surface area contributed by atoms with Gasteiger partial charge in [-0.25, -0.2) is 0 Å². The number of hydrogen-bond donors (Lipinski definition) is 3. The van der Waals surface area contributed by atoms with E-state index in [1.54, 1.807) is 4.90 Å². The number of nitrogens with one attached hydrogen (secondary N) is 2. The van der Waals surface area contributed by atoms with Crippen LogP contribution in [-0.2, 0) is 19.1 Å². The zero-order chi connectivity index (χ0) is 27.2. The average Bonchev–Trinajstić information content (AvgIpc) is 3.46. The van der Waals surface area contributed by atoms with Crippen LogP contribution in [-0.4, -0.2) is 64.2 Å². The van der Waals surface area contributed by atoms with Gasteiger partial charge in [0.05, 0.1) is 30.1 Å². The predicted octanol–water partition coefficient (Wildman–Crippen LogP) is 3.48. The summed E-state index contributed by atoms with van der Waals surface area (Å²) in [7, 11) is 0. The van der Waals surface area contributed by atoms with E-state index >= 15 is 0 Å². The Hall–Kier alpha value is -2.97. The number of fused-ring (bicyclic) bond motifs is 2. The second-order valence-electron chi connectivity index (χ2n) is 11.8. The van der Waals surface area contributed by atoms with Crippen molar-refractivity contribution in [3.63, 3.8) is 0 Å². The van der Waals surface area contributed by atoms with E-state index in [0.29, 0.717) is 31.5 Å². The van der Waals surface area contributed by atoms with E-state index in [1.165, 1.54) is 0 Å². The Balaban J connectivity index is 1.54. The van der Waals surface area contributed by atoms with Crippen molar-refractivity contribution >= 4 is 34.2 Å². The van der Waals surface area contributed by atoms with Gasteiger partial charge in [0, 0.05) is 12.2 Å². The van der Waals surface area contributed by atoms with Gasteiger partial charge in [-0.1, -0.05) is 51.1 Å². The molecule has 2 unspecified atom stereocenters. The molecule has 3 aliphatic heterocycles. The summed E-state index contributed by atoms with van der Waals surface area (Å²) in [5.74, 6) is -2.09. The second-order valence-corrected chi connectivity index (χ2v) is 11.8. The van der Waals surface area contributed by atoms with Crippen molar-refractivity contribution in [2.24, 2.45) is 17.8 Å². The quantitative estimate of drug-likeness (QED) is 0.468. The summed E-state index contributed by atoms with van der Waals surface area (Å²) in [5.41, 5.74) is -1.31. The van der Waals surface area contributed by atoms with Crippen LogP contribution >= 0.6 is 0 Å². The normalized spacial score (nSPS) is 30.6. The van der Waals surface area contributed by atoms with E-state index in [0.717, 1.165) is 17.2 Å². The number of aliphatic hydroxyl groups excluding tert-OH is 1. The summed E-state index contributed by atoms with van der Waals surface area (Å²) >= 11 is 0. The number of carbonyl (C=O) groups excluding carboxylic acids is 3. The first-order valence-corrected chi connectivity index (χ1v) is 13.9. The molecule has 3 fully saturated rings. The molecule has 0 saturated carbocycles. The number of ether oxygens (including phenoxy) is 1. The van der Waals surface area contributed by atoms with E-state index in [2.05, 4.69) is 10.6 Å². The smallest absolute Gasteiger partial charge is 0.250 e. The average molecular weight is 522 g/mol. The van der Waals surface area contributed by atoms with Crippen molar-refractivity contribution in [2.45, 2.75) is 76.7 Å². The molecule has 3 N–H and O–H groups in total. The number of carbonyl (C=O) groups is 3. The largest absolute Gasteiger partial charge is 0.394 e. The second kappa shape index (κ2) is 9.97. The Kier molecular flexibility index (Phi) is 6.99. The molecule has 0 aliphatic carbocycles. The van der Waals surface area contributed by atoms with Crippen molar-refractivity contribution in [3.8, 4) is 0 Å². The molecule has 2 aromatic rings. The minimum absolute atomic E-state index is 0.195. The lowest BCUT2D eigenvalue weighted by Gasteiger charge is -2.37. The maximum Gasteiger partial charge on any atom is 0.250 e. The Bertz CT molecular complexity index is 1250. The molecule has 0 aromatic heterocycles. The number of likely N-dealkylation sites (tertiary alicyclic amines) is 1. The van der Waals surface area contributed by atoms with Crippen molar-refractivity contribution in [3.05, 3.63) is 42.5 Å². The molecule has 0 radical (unpaired) electrons. The number of anilines is 1. The van der Waals surface area contributed by atoms with Gasteiger partial charge in [-0.3, -0.25) is 14.4 Å². The summed E-state index contributed by atoms with van der Waals surface area (Å²) in [6, 6.07) is 12.1. The fourth-order valence-electron chi connectivity index (χ4n) is 7.11. The SMILES string of the molecule is CCCNC(=O)[C@H]1[C@H]2C(=O)N([C@@H](CO)CC(C)C)C(C(=O)Nc3ccc4ccccc4c3)C23CC[C@]1(C)O3. The van der Waals surface area contributed by atoms with Gasteiger partial charge in [-0.05, 0) is 61.4 Å². The highest BCUT2D eigenvalue weighted by Gasteiger charge is 2.78. The number of hydrogen-bond acceptors (Lipinski definition) is 5. The highest BCUT2D eigenvalue weighted by atomic mass is 16.5. The lowest BCUT2D eigenvalue weighted by molar-refractivity contribution is -0.148. The number of amides is 3. The van der Waals surface area contributed by atoms with Crippen LogP contribution in [0.2, 0.25) is 0 Å². The zero-order valence-electron chi connectivity index (χ0n) is 22.7. The van der Waals surface area contributed by atoms with Gasteiger partial charge in [0.25, 0.3) is 0 Å². The molecule has 3 aliphatic rings. The lowest BCUT2D eigenvalue weighted by atomic mass is 9.66. The topological polar surface area (TPSA) is 108 Å². The highest BCUT2D eigenvalue weighted by molar-refractivity contribution is 6.04. The van der Waals surface area contributed by atoms with Crippen LogP contribution in [0, 0.1) is 17.8 Å². The monoisotopic (exact) mass is 521 g/mol. The van der Waals surface area contributed by atoms with Crippen molar-refractivity contribution in [2.75, 3.05) is 18.5 Å². The molecule has 5 rings (SSSR count). The van der Waals surface area contributed by atoms with Gasteiger partial charge in [0.1, 0.15) is 11.6 Å². The highest BCUT2D eigenvalue weighted by Crippen LogP contribution is 2.63. The summed E-state index contributed by atoms with van der Waals surface area (Å²) < 4.78 is 6.66. The molecular weight excluding hydrogens is 482 g/mol. The minimum atomic E-state index is -1.12. The van der Waals surface area contributed by atoms with Crippen LogP contribution in [0.15, 0.2) is 42.5 Å². The Labute approximate surface area is 224 Å². The first kappa shape index (κ1) is 26.6. The molecule has 38 heavy (non-hydrogen) atoms. The molecule has 1 spiro atoms. The maximum atomic E-state index is 14.2. The van der Waals surface area contributed by atoms with E-state index in [4.69, 9.17) is 4.74 Å². The van der Waals surface area contributed by atoms with Gasteiger partial charge < -0.3 is 25.4 Å². The van der Waals surface area contributed by atoms with E-state index in [-0.39, 0.29) is 30.2 Å². The zero-order valence-corrected chi connectivity index (χ0v) is 22.7. The van der Waals surface area contributed by atoms with Gasteiger partial charge in [0.15, 0.2) is 0 Å². The van der Waals surface area contributed by atoms with Gasteiger partial charge in [-0.15, -0.1) is 0 Å². The molecule has 6 atom stereocenters. The summed E-state index contributed by atoms with van der Waals surface area (Å²) in [4.78, 5) is 43.3. The first-order valence-electron chi connectivity index (χ1n) is 13.9. The van der Waals surface area contributed by atoms with Crippen molar-refractivity contribution in [1.29, 1.82) is 0 Å². The van der Waals surface area contributed by atoms with Gasteiger partial charge in [-0.2, -0.15) is 0 Å². The maximum absolute atomic E-state index is 14.2. The molecule has 3 amide bonds. The molecule has 2 bridgehead atoms. The Morgan fingerprint density at radius 3 is 2.55 bits per heavy atom. The molecular formula is C30H39N3O5. The van der Waals surface area contributed by atoms with Crippen LogP contribution < -0.4 is 10.6 Å². The molecule has 8 nitrogen and oxygen atoms in total. The summed E-state index contributed by atoms with van der Waals surface area (Å²) in [5, 5.41) is 18.5. The van der Waals surface area contributed by atoms with Gasteiger partial charge in [0.2, 0.25) is 17.7 Å². The number of benzene rings is 2. The van der Waals surface area contributed by atoms with E-state index < -0.39 is 35.1 Å². The molecule has 3 heterocycles. The number of rotatable bonds is 9. The van der Waals surface area contributed by atoms with Crippen molar-refractivity contribution in [1.82, 2.24) is 10.2 Å². The van der Waals surface area contributed by atoms with Crippen LogP contribution in [0.4, 0.5) is 5.69 Å². The van der Waals surface area contributed by atoms with Gasteiger partial charge >= 0.3 is 0 Å². The predicted molar refractivity (Wildman–Crippen MR) is 145 cm³/mol. The number of nitrogens with zero attached hydrogens (tertiary/aromatic N) is 1. The molecule has 3 saturated heterocycles. The summed E-state index contributed by atoms with van der Waals surface area (Å²) in [6.45, 7) is 8.17. The van der Waals surface area contributed by atoms with Crippen LogP contribution in [0.5, 0.6) is 0 Å². The Morgan fingerprint density at radius 1 is 1.13 bits per heavy atom. The van der Waals surface area contributed by atoms with Crippen molar-refractivity contribution < 1.29 is 24.2 Å². The van der Waals surface area contributed by atoms with E-state index in [1.807, 2.05) is 70.2 Å². The minimum Gasteiger partial charge on any atom is -0.394 e. The fraction of sp³-hybridized carbons (Fsp3) is 0.567. The molecule has 2 aromatic carbocycles. The molecule has 8 heteroatoms. The first-order chi connectivity index (χ1) is 18.1. The van der Waals surface area contributed by atoms with Crippen LogP contribution in [0.25, 0.3) is 10.8 Å². The summed E-state index contributed by atoms with van der Waals surface area (Å²) in [6.07, 6.45) is 2.41. The standard InChI is InChI=1S/C30H39N3O5/c1-5-14-31-26(35)23-24-28(37)33(22(17-34)15-18(2)3)25(30(24)13-12-29(23,4)38-30)27(36)32-21-11-10-19-8-6-7-9-20(19)16-21/h6-11,16,18,22-25,34H,5,12-15,17H2,1-4H3,(H,31,35)(H,32,36)/t22-,23-,24+,25?,29+,30?/m1/s1. The number of aliphatic hydroxyl groups is 1. The third-order valence-electron chi connectivity index (χ3n) is 8.66. The van der Waals surface area contributed by atoms with E-state index in [9.17, 15) is 19.5 Å². The molecule has 204 valence electrons. The third kappa shape index (κ3) is 4.18. The lowest BCUT2D eigenvalue weighted by Crippen LogP contribution is -2.56. The Morgan fingerprint density at radius 2 is 1.87 bits per heavy atom. The fourth-order valence-corrected chi connectivity index (χ4v) is 7.11. The van der Waals surface area contributed by atoms with Crippen LogP contribution in [0.3, 0.4) is 0 Å². The third-order valence-corrected chi connectivity index (χ3v) is 8.66.